The molecule has 82 valence electrons. The number of rotatable bonds is 2. The van der Waals surface area contributed by atoms with Crippen molar-refractivity contribution in [1.82, 2.24) is 0 Å². The Morgan fingerprint density at radius 1 is 1.31 bits per heavy atom. The van der Waals surface area contributed by atoms with Crippen LogP contribution in [0.15, 0.2) is 48.6 Å². The van der Waals surface area contributed by atoms with Crippen LogP contribution in [0, 0.1) is 5.92 Å². The average molecular weight is 214 g/mol. The molecule has 1 N–H and O–H groups in total. The lowest BCUT2D eigenvalue weighted by molar-refractivity contribution is -0.00535. The van der Waals surface area contributed by atoms with Crippen LogP contribution in [-0.2, 0) is 0 Å². The molecule has 2 nitrogen and oxygen atoms in total. The summed E-state index contributed by atoms with van der Waals surface area (Å²) in [6.07, 6.45) is 10.7. The van der Waals surface area contributed by atoms with E-state index in [0.717, 1.165) is 12.2 Å². The Morgan fingerprint density at radius 3 is 2.94 bits per heavy atom. The molecule has 2 aliphatic rings. The molecule has 2 aliphatic carbocycles. The monoisotopic (exact) mass is 214 g/mol. The van der Waals surface area contributed by atoms with Crippen molar-refractivity contribution in [1.29, 1.82) is 0 Å². The molecule has 2 atom stereocenters. The number of allylic oxidation sites excluding steroid dienone is 2. The van der Waals surface area contributed by atoms with E-state index in [0.29, 0.717) is 5.92 Å². The van der Waals surface area contributed by atoms with Gasteiger partial charge in [-0.3, -0.25) is 0 Å². The standard InChI is InChI=1S/C14H14O2/c15-12-5-3-6-13(10-12)16-14-8-2-1-4-11(14)7-9-14/h1-6,8,10-11,15H,7,9H2. The molecule has 1 saturated carbocycles. The second-order valence-electron chi connectivity index (χ2n) is 4.44. The van der Waals surface area contributed by atoms with Gasteiger partial charge in [0.15, 0.2) is 0 Å². The minimum atomic E-state index is -0.164. The van der Waals surface area contributed by atoms with Crippen molar-refractivity contribution in [3.05, 3.63) is 48.6 Å². The molecular weight excluding hydrogens is 200 g/mol. The van der Waals surface area contributed by atoms with Crippen molar-refractivity contribution >= 4 is 0 Å². The van der Waals surface area contributed by atoms with Gasteiger partial charge < -0.3 is 9.84 Å². The number of aromatic hydroxyl groups is 1. The van der Waals surface area contributed by atoms with Crippen molar-refractivity contribution in [2.24, 2.45) is 5.92 Å². The molecule has 16 heavy (non-hydrogen) atoms. The van der Waals surface area contributed by atoms with Gasteiger partial charge in [0.2, 0.25) is 0 Å². The third-order valence-corrected chi connectivity index (χ3v) is 3.43. The van der Waals surface area contributed by atoms with Crippen molar-refractivity contribution in [3.8, 4) is 11.5 Å². The first-order valence-electron chi connectivity index (χ1n) is 5.63. The SMILES string of the molecule is Oc1cccc(OC23C=CC=CC2CC3)c1. The molecule has 0 bridgehead atoms. The molecule has 0 heterocycles. The summed E-state index contributed by atoms with van der Waals surface area (Å²) >= 11 is 0. The largest absolute Gasteiger partial charge is 0.508 e. The van der Waals surface area contributed by atoms with Crippen LogP contribution in [0.2, 0.25) is 0 Å². The molecule has 0 saturated heterocycles. The van der Waals surface area contributed by atoms with Crippen molar-refractivity contribution < 1.29 is 9.84 Å². The van der Waals surface area contributed by atoms with Gasteiger partial charge in [-0.15, -0.1) is 0 Å². The number of phenols is 1. The summed E-state index contributed by atoms with van der Waals surface area (Å²) in [5, 5.41) is 9.40. The predicted molar refractivity (Wildman–Crippen MR) is 62.5 cm³/mol. The zero-order chi connectivity index (χ0) is 11.0. The molecule has 1 aromatic carbocycles. The highest BCUT2D eigenvalue weighted by molar-refractivity contribution is 5.35. The number of hydrogen-bond acceptors (Lipinski definition) is 2. The smallest absolute Gasteiger partial charge is 0.134 e. The first-order valence-corrected chi connectivity index (χ1v) is 5.63. The maximum absolute atomic E-state index is 9.40. The first-order chi connectivity index (χ1) is 7.78. The molecular formula is C14H14O2. The van der Waals surface area contributed by atoms with E-state index in [1.54, 1.807) is 18.2 Å². The summed E-state index contributed by atoms with van der Waals surface area (Å²) in [4.78, 5) is 0. The zero-order valence-electron chi connectivity index (χ0n) is 8.97. The molecule has 1 aromatic rings. The summed E-state index contributed by atoms with van der Waals surface area (Å²) in [7, 11) is 0. The number of phenolic OH excluding ortho intramolecular Hbond substituents is 1. The lowest BCUT2D eigenvalue weighted by Gasteiger charge is -2.47. The van der Waals surface area contributed by atoms with Crippen LogP contribution >= 0.6 is 0 Å². The summed E-state index contributed by atoms with van der Waals surface area (Å²) in [5.41, 5.74) is -0.164. The van der Waals surface area contributed by atoms with Gasteiger partial charge in [-0.2, -0.15) is 0 Å². The number of hydrogen-bond donors (Lipinski definition) is 1. The van der Waals surface area contributed by atoms with Crippen LogP contribution in [0.5, 0.6) is 11.5 Å². The highest BCUT2D eigenvalue weighted by Gasteiger charge is 2.46. The maximum atomic E-state index is 9.40. The fraction of sp³-hybridized carbons (Fsp3) is 0.286. The van der Waals surface area contributed by atoms with E-state index in [4.69, 9.17) is 4.74 Å². The van der Waals surface area contributed by atoms with E-state index in [1.165, 1.54) is 6.42 Å². The van der Waals surface area contributed by atoms with Gasteiger partial charge >= 0.3 is 0 Å². The zero-order valence-corrected chi connectivity index (χ0v) is 8.97. The number of benzene rings is 1. The van der Waals surface area contributed by atoms with Crippen LogP contribution in [0.25, 0.3) is 0 Å². The molecule has 2 heteroatoms. The molecule has 2 unspecified atom stereocenters. The second kappa shape index (κ2) is 3.41. The van der Waals surface area contributed by atoms with Gasteiger partial charge in [-0.05, 0) is 31.1 Å². The van der Waals surface area contributed by atoms with Gasteiger partial charge in [-0.1, -0.05) is 24.3 Å². The van der Waals surface area contributed by atoms with Gasteiger partial charge in [0.1, 0.15) is 17.1 Å². The van der Waals surface area contributed by atoms with Crippen LogP contribution in [0.3, 0.4) is 0 Å². The Kier molecular flexibility index (Phi) is 2.03. The highest BCUT2D eigenvalue weighted by atomic mass is 16.5. The maximum Gasteiger partial charge on any atom is 0.134 e. The van der Waals surface area contributed by atoms with Crippen LogP contribution in [-0.4, -0.2) is 10.7 Å². The Bertz CT molecular complexity index is 462. The molecule has 0 aliphatic heterocycles. The summed E-state index contributed by atoms with van der Waals surface area (Å²) < 4.78 is 6.02. The van der Waals surface area contributed by atoms with Gasteiger partial charge in [-0.25, -0.2) is 0 Å². The summed E-state index contributed by atoms with van der Waals surface area (Å²) in [6, 6.07) is 7.00. The fourth-order valence-electron chi connectivity index (χ4n) is 2.41. The van der Waals surface area contributed by atoms with Crippen molar-refractivity contribution in [2.45, 2.75) is 18.4 Å². The molecule has 0 aromatic heterocycles. The normalized spacial score (nSPS) is 30.6. The van der Waals surface area contributed by atoms with Crippen LogP contribution < -0.4 is 4.74 Å². The van der Waals surface area contributed by atoms with Crippen molar-refractivity contribution in [3.63, 3.8) is 0 Å². The average Bonchev–Trinajstić information content (AvgIpc) is 2.24. The Balaban J connectivity index is 1.85. The van der Waals surface area contributed by atoms with Crippen molar-refractivity contribution in [2.75, 3.05) is 0 Å². The van der Waals surface area contributed by atoms with Gasteiger partial charge in [0.25, 0.3) is 0 Å². The van der Waals surface area contributed by atoms with Gasteiger partial charge in [0, 0.05) is 12.0 Å². The fourth-order valence-corrected chi connectivity index (χ4v) is 2.41. The van der Waals surface area contributed by atoms with Crippen LogP contribution in [0.4, 0.5) is 0 Å². The minimum Gasteiger partial charge on any atom is -0.508 e. The number of fused-ring (bicyclic) bond motifs is 1. The van der Waals surface area contributed by atoms with Gasteiger partial charge in [0.05, 0.1) is 0 Å². The third-order valence-electron chi connectivity index (χ3n) is 3.43. The topological polar surface area (TPSA) is 29.5 Å². The third kappa shape index (κ3) is 1.42. The summed E-state index contributed by atoms with van der Waals surface area (Å²) in [6.45, 7) is 0. The van der Waals surface area contributed by atoms with E-state index in [9.17, 15) is 5.11 Å². The quantitative estimate of drug-likeness (QED) is 0.819. The summed E-state index contributed by atoms with van der Waals surface area (Å²) in [5.74, 6) is 1.48. The molecule has 0 spiro atoms. The Hall–Kier alpha value is -1.70. The molecule has 1 fully saturated rings. The lowest BCUT2D eigenvalue weighted by atomic mass is 9.67. The van der Waals surface area contributed by atoms with Crippen LogP contribution in [0.1, 0.15) is 12.8 Å². The molecule has 0 radical (unpaired) electrons. The first kappa shape index (κ1) is 9.52. The number of ether oxygens (including phenoxy) is 1. The van der Waals surface area contributed by atoms with E-state index < -0.39 is 0 Å². The predicted octanol–water partition coefficient (Wildman–Crippen LogP) is 3.05. The second-order valence-corrected chi connectivity index (χ2v) is 4.44. The lowest BCUT2D eigenvalue weighted by Crippen LogP contribution is -2.50. The van der Waals surface area contributed by atoms with E-state index >= 15 is 0 Å². The highest BCUT2D eigenvalue weighted by Crippen LogP contribution is 2.46. The van der Waals surface area contributed by atoms with E-state index in [-0.39, 0.29) is 11.4 Å². The van der Waals surface area contributed by atoms with E-state index in [2.05, 4.69) is 18.2 Å². The Morgan fingerprint density at radius 2 is 2.25 bits per heavy atom. The molecule has 0 amide bonds. The molecule has 3 rings (SSSR count). The minimum absolute atomic E-state index is 0.164. The van der Waals surface area contributed by atoms with E-state index in [1.807, 2.05) is 12.1 Å². The Labute approximate surface area is 94.9 Å².